The smallest absolute Gasteiger partial charge is 0.411 e. The molecule has 0 atom stereocenters. The summed E-state index contributed by atoms with van der Waals surface area (Å²) in [5.74, 6) is -24.6. The molecule has 0 aliphatic rings. The maximum Gasteiger partial charge on any atom is 0.411 e. The lowest BCUT2D eigenvalue weighted by Gasteiger charge is -2.29. The van der Waals surface area contributed by atoms with Crippen LogP contribution < -0.4 is 4.74 Å². The molecule has 0 saturated carbocycles. The summed E-state index contributed by atoms with van der Waals surface area (Å²) < 4.78 is 88.3. The predicted octanol–water partition coefficient (Wildman–Crippen LogP) is 3.37. The average molecular weight is 358 g/mol. The third-order valence-corrected chi connectivity index (χ3v) is 2.81. The molecule has 134 valence electrons. The second-order valence-electron chi connectivity index (χ2n) is 4.65. The highest BCUT2D eigenvalue weighted by Crippen LogP contribution is 2.47. The standard InChI is InChI=1S/C14H12F6O4/c1-3-23-10(21)12(15,16)14(19,20)13(17,18)11(22)24-9-6-4-8(2)5-7-9/h4-7H,3H2,1-2H3. The normalized spacial score (nSPS) is 12.7. The van der Waals surface area contributed by atoms with Crippen LogP contribution in [0.2, 0.25) is 0 Å². The highest BCUT2D eigenvalue weighted by Gasteiger charge is 2.79. The number of ether oxygens (including phenoxy) is 2. The lowest BCUT2D eigenvalue weighted by molar-refractivity contribution is -0.298. The van der Waals surface area contributed by atoms with Crippen LogP contribution in [0.5, 0.6) is 5.75 Å². The van der Waals surface area contributed by atoms with Gasteiger partial charge in [0.2, 0.25) is 0 Å². The van der Waals surface area contributed by atoms with Crippen molar-refractivity contribution in [3.05, 3.63) is 29.8 Å². The van der Waals surface area contributed by atoms with E-state index in [4.69, 9.17) is 0 Å². The number of alkyl halides is 6. The van der Waals surface area contributed by atoms with Gasteiger partial charge in [-0.15, -0.1) is 0 Å². The number of rotatable bonds is 6. The first-order chi connectivity index (χ1) is 10.9. The Kier molecular flexibility index (Phi) is 5.52. The van der Waals surface area contributed by atoms with Crippen molar-refractivity contribution in [2.45, 2.75) is 31.6 Å². The molecule has 0 aromatic heterocycles. The van der Waals surface area contributed by atoms with E-state index in [9.17, 15) is 35.9 Å². The SMILES string of the molecule is CCOC(=O)C(F)(F)C(F)(F)C(F)(F)C(=O)Oc1ccc(C)cc1. The maximum atomic E-state index is 13.5. The number of aryl methyl sites for hydroxylation is 1. The Bertz CT molecular complexity index is 612. The summed E-state index contributed by atoms with van der Waals surface area (Å²) in [6.07, 6.45) is 0. The van der Waals surface area contributed by atoms with E-state index in [-0.39, 0.29) is 0 Å². The van der Waals surface area contributed by atoms with Gasteiger partial charge in [0.1, 0.15) is 5.75 Å². The van der Waals surface area contributed by atoms with Crippen molar-refractivity contribution < 1.29 is 45.4 Å². The molecule has 0 saturated heterocycles. The second-order valence-corrected chi connectivity index (χ2v) is 4.65. The van der Waals surface area contributed by atoms with Crippen molar-refractivity contribution in [2.24, 2.45) is 0 Å². The van der Waals surface area contributed by atoms with Gasteiger partial charge < -0.3 is 9.47 Å². The van der Waals surface area contributed by atoms with Crippen LogP contribution in [-0.4, -0.2) is 36.3 Å². The van der Waals surface area contributed by atoms with Gasteiger partial charge in [0.05, 0.1) is 6.61 Å². The van der Waals surface area contributed by atoms with Gasteiger partial charge in [0.25, 0.3) is 0 Å². The minimum atomic E-state index is -6.35. The molecule has 4 nitrogen and oxygen atoms in total. The fraction of sp³-hybridized carbons (Fsp3) is 0.429. The Morgan fingerprint density at radius 1 is 0.917 bits per heavy atom. The van der Waals surface area contributed by atoms with Crippen LogP contribution in [0, 0.1) is 6.92 Å². The van der Waals surface area contributed by atoms with Crippen LogP contribution in [0.1, 0.15) is 12.5 Å². The lowest BCUT2D eigenvalue weighted by Crippen LogP contribution is -2.62. The summed E-state index contributed by atoms with van der Waals surface area (Å²) in [5, 5.41) is 0. The highest BCUT2D eigenvalue weighted by atomic mass is 19.3. The van der Waals surface area contributed by atoms with Crippen LogP contribution in [-0.2, 0) is 14.3 Å². The molecular formula is C14H12F6O4. The van der Waals surface area contributed by atoms with Gasteiger partial charge in [-0.3, -0.25) is 0 Å². The summed E-state index contributed by atoms with van der Waals surface area (Å²) in [6, 6.07) is 4.63. The van der Waals surface area contributed by atoms with Gasteiger partial charge in [-0.25, -0.2) is 9.59 Å². The second kappa shape index (κ2) is 6.70. The number of hydrogen-bond acceptors (Lipinski definition) is 4. The van der Waals surface area contributed by atoms with Crippen molar-refractivity contribution in [2.75, 3.05) is 6.61 Å². The molecule has 0 heterocycles. The molecule has 24 heavy (non-hydrogen) atoms. The van der Waals surface area contributed by atoms with Gasteiger partial charge in [0.15, 0.2) is 0 Å². The van der Waals surface area contributed by atoms with E-state index in [1.807, 2.05) is 0 Å². The zero-order valence-corrected chi connectivity index (χ0v) is 12.4. The van der Waals surface area contributed by atoms with E-state index < -0.39 is 42.1 Å². The quantitative estimate of drug-likeness (QED) is 0.445. The number of esters is 2. The van der Waals surface area contributed by atoms with Crippen LogP contribution in [0.15, 0.2) is 24.3 Å². The molecule has 0 bridgehead atoms. The molecule has 0 spiro atoms. The Balaban J connectivity index is 3.08. The minimum absolute atomic E-state index is 0.555. The van der Waals surface area contributed by atoms with Crippen molar-refractivity contribution in [3.63, 3.8) is 0 Å². The summed E-state index contributed by atoms with van der Waals surface area (Å²) >= 11 is 0. The zero-order valence-electron chi connectivity index (χ0n) is 12.4. The lowest BCUT2D eigenvalue weighted by atomic mass is 10.0. The number of benzene rings is 1. The molecule has 0 radical (unpaired) electrons. The molecule has 0 aliphatic heterocycles. The summed E-state index contributed by atoms with van der Waals surface area (Å²) in [4.78, 5) is 22.1. The predicted molar refractivity (Wildman–Crippen MR) is 68.3 cm³/mol. The number of carbonyl (C=O) groups excluding carboxylic acids is 2. The highest BCUT2D eigenvalue weighted by molar-refractivity contribution is 5.85. The van der Waals surface area contributed by atoms with Crippen LogP contribution in [0.25, 0.3) is 0 Å². The molecule has 10 heteroatoms. The maximum absolute atomic E-state index is 13.5. The third-order valence-electron chi connectivity index (χ3n) is 2.81. The number of carbonyl (C=O) groups is 2. The van der Waals surface area contributed by atoms with E-state index >= 15 is 0 Å². The monoisotopic (exact) mass is 358 g/mol. The zero-order chi connectivity index (χ0) is 18.8. The Hall–Kier alpha value is -2.26. The molecular weight excluding hydrogens is 346 g/mol. The van der Waals surface area contributed by atoms with Crippen LogP contribution >= 0.6 is 0 Å². The fourth-order valence-corrected chi connectivity index (χ4v) is 1.45. The molecule has 0 fully saturated rings. The van der Waals surface area contributed by atoms with Crippen LogP contribution in [0.4, 0.5) is 26.3 Å². The molecule has 0 amide bonds. The molecule has 0 aliphatic carbocycles. The number of hydrogen-bond donors (Lipinski definition) is 0. The molecule has 0 N–H and O–H groups in total. The van der Waals surface area contributed by atoms with Gasteiger partial charge in [-0.2, -0.15) is 26.3 Å². The molecule has 1 aromatic rings. The number of halogens is 6. The van der Waals surface area contributed by atoms with Gasteiger partial charge in [-0.1, -0.05) is 17.7 Å². The summed E-state index contributed by atoms with van der Waals surface area (Å²) in [7, 11) is 0. The Morgan fingerprint density at radius 2 is 1.38 bits per heavy atom. The first-order valence-electron chi connectivity index (χ1n) is 6.47. The largest absolute Gasteiger partial charge is 0.461 e. The minimum Gasteiger partial charge on any atom is -0.461 e. The van der Waals surface area contributed by atoms with Gasteiger partial charge >= 0.3 is 29.7 Å². The van der Waals surface area contributed by atoms with E-state index in [2.05, 4.69) is 9.47 Å². The average Bonchev–Trinajstić information content (AvgIpc) is 2.49. The molecule has 1 rings (SSSR count). The topological polar surface area (TPSA) is 52.6 Å². The van der Waals surface area contributed by atoms with Crippen molar-refractivity contribution >= 4 is 11.9 Å². The van der Waals surface area contributed by atoms with E-state index in [1.54, 1.807) is 6.92 Å². The van der Waals surface area contributed by atoms with Gasteiger partial charge in [0, 0.05) is 0 Å². The fourth-order valence-electron chi connectivity index (χ4n) is 1.45. The Labute approximate surface area is 132 Å². The summed E-state index contributed by atoms with van der Waals surface area (Å²) in [5.41, 5.74) is 0.640. The van der Waals surface area contributed by atoms with Crippen molar-refractivity contribution in [1.82, 2.24) is 0 Å². The van der Waals surface area contributed by atoms with Crippen LogP contribution in [0.3, 0.4) is 0 Å². The first-order valence-corrected chi connectivity index (χ1v) is 6.47. The van der Waals surface area contributed by atoms with Gasteiger partial charge in [-0.05, 0) is 26.0 Å². The van der Waals surface area contributed by atoms with Crippen molar-refractivity contribution in [3.8, 4) is 5.75 Å². The Morgan fingerprint density at radius 3 is 1.83 bits per heavy atom. The third kappa shape index (κ3) is 3.46. The van der Waals surface area contributed by atoms with E-state index in [0.717, 1.165) is 19.1 Å². The molecule has 0 unspecified atom stereocenters. The van der Waals surface area contributed by atoms with E-state index in [1.165, 1.54) is 12.1 Å². The van der Waals surface area contributed by atoms with E-state index in [0.29, 0.717) is 5.56 Å². The van der Waals surface area contributed by atoms with Crippen molar-refractivity contribution in [1.29, 1.82) is 0 Å². The summed E-state index contributed by atoms with van der Waals surface area (Å²) in [6.45, 7) is 1.87. The molecule has 1 aromatic carbocycles. The first kappa shape index (κ1) is 19.8.